The maximum atomic E-state index is 9.22. The van der Waals surface area contributed by atoms with Crippen LogP contribution in [0.25, 0.3) is 0 Å². The van der Waals surface area contributed by atoms with Gasteiger partial charge < -0.3 is 5.11 Å². The van der Waals surface area contributed by atoms with Gasteiger partial charge in [-0.1, -0.05) is 44.9 Å². The summed E-state index contributed by atoms with van der Waals surface area (Å²) in [4.78, 5) is 0. The first-order valence-electron chi connectivity index (χ1n) is 6.35. The third kappa shape index (κ3) is 9.82. The fourth-order valence-electron chi connectivity index (χ4n) is 1.35. The third-order valence-electron chi connectivity index (χ3n) is 2.71. The number of hydrogen-bond acceptors (Lipinski definition) is 1. The number of rotatable bonds is 7. The van der Waals surface area contributed by atoms with E-state index in [-0.39, 0.29) is 12.0 Å². The molecular formula is C14H26O. The minimum Gasteiger partial charge on any atom is -0.392 e. The van der Waals surface area contributed by atoms with Crippen LogP contribution in [0.2, 0.25) is 0 Å². The van der Waals surface area contributed by atoms with Crippen molar-refractivity contribution < 1.29 is 5.11 Å². The van der Waals surface area contributed by atoms with Gasteiger partial charge in [-0.2, -0.15) is 0 Å². The van der Waals surface area contributed by atoms with Gasteiger partial charge in [-0.15, -0.1) is 5.92 Å². The normalized spacial score (nSPS) is 14.1. The van der Waals surface area contributed by atoms with Crippen molar-refractivity contribution in [3.05, 3.63) is 0 Å². The van der Waals surface area contributed by atoms with Crippen LogP contribution in [0.5, 0.6) is 0 Å². The minimum absolute atomic E-state index is 0.116. The van der Waals surface area contributed by atoms with Gasteiger partial charge in [0.15, 0.2) is 0 Å². The lowest BCUT2D eigenvalue weighted by molar-refractivity contribution is 0.161. The number of unbranched alkanes of at least 4 members (excludes halogenated alkanes) is 6. The average Bonchev–Trinajstić information content (AvgIpc) is 2.21. The lowest BCUT2D eigenvalue weighted by Gasteiger charge is -2.05. The van der Waals surface area contributed by atoms with Crippen LogP contribution in [0.3, 0.4) is 0 Å². The van der Waals surface area contributed by atoms with Crippen LogP contribution >= 0.6 is 0 Å². The van der Waals surface area contributed by atoms with Crippen LogP contribution in [-0.4, -0.2) is 11.2 Å². The van der Waals surface area contributed by atoms with Gasteiger partial charge >= 0.3 is 0 Å². The molecule has 0 spiro atoms. The molecule has 0 aliphatic heterocycles. The van der Waals surface area contributed by atoms with E-state index in [0.29, 0.717) is 0 Å². The second-order valence-electron chi connectivity index (χ2n) is 4.37. The maximum Gasteiger partial charge on any atom is 0.0646 e. The Balaban J connectivity index is 3.30. The van der Waals surface area contributed by atoms with Gasteiger partial charge in [0.25, 0.3) is 0 Å². The zero-order chi connectivity index (χ0) is 11.5. The predicted octanol–water partition coefficient (Wildman–Crippen LogP) is 3.76. The van der Waals surface area contributed by atoms with Crippen molar-refractivity contribution >= 4 is 0 Å². The molecule has 88 valence electrons. The molecule has 0 amide bonds. The highest BCUT2D eigenvalue weighted by Gasteiger charge is 2.02. The quantitative estimate of drug-likeness (QED) is 0.501. The largest absolute Gasteiger partial charge is 0.392 e. The van der Waals surface area contributed by atoms with Crippen LogP contribution in [-0.2, 0) is 0 Å². The third-order valence-corrected chi connectivity index (χ3v) is 2.71. The molecule has 15 heavy (non-hydrogen) atoms. The van der Waals surface area contributed by atoms with E-state index in [2.05, 4.69) is 18.8 Å². The standard InChI is InChI=1S/C14H26O/c1-4-5-6-7-8-9-10-11-12-13(2)14(3)15/h13-15H,4-10H2,1-3H3/t13-,14-/m1/s1. The molecule has 0 saturated heterocycles. The van der Waals surface area contributed by atoms with E-state index in [0.717, 1.165) is 6.42 Å². The summed E-state index contributed by atoms with van der Waals surface area (Å²) in [5, 5.41) is 9.22. The van der Waals surface area contributed by atoms with Crippen molar-refractivity contribution in [2.24, 2.45) is 5.92 Å². The molecule has 0 heterocycles. The Labute approximate surface area is 95.3 Å². The van der Waals surface area contributed by atoms with Gasteiger partial charge in [-0.3, -0.25) is 0 Å². The molecule has 0 aromatic heterocycles. The van der Waals surface area contributed by atoms with E-state index in [4.69, 9.17) is 0 Å². The van der Waals surface area contributed by atoms with E-state index in [1.807, 2.05) is 6.92 Å². The molecule has 0 bridgehead atoms. The fourth-order valence-corrected chi connectivity index (χ4v) is 1.35. The van der Waals surface area contributed by atoms with Crippen molar-refractivity contribution in [1.82, 2.24) is 0 Å². The minimum atomic E-state index is -0.304. The highest BCUT2D eigenvalue weighted by atomic mass is 16.3. The molecule has 0 aliphatic carbocycles. The monoisotopic (exact) mass is 210 g/mol. The first-order valence-corrected chi connectivity index (χ1v) is 6.35. The number of aliphatic hydroxyl groups is 1. The molecule has 0 radical (unpaired) electrons. The van der Waals surface area contributed by atoms with Crippen molar-refractivity contribution in [2.45, 2.75) is 71.8 Å². The van der Waals surface area contributed by atoms with Crippen LogP contribution in [0.4, 0.5) is 0 Å². The lowest BCUT2D eigenvalue weighted by atomic mass is 10.1. The molecule has 0 rings (SSSR count). The molecule has 1 nitrogen and oxygen atoms in total. The van der Waals surface area contributed by atoms with Gasteiger partial charge in [0.2, 0.25) is 0 Å². The van der Waals surface area contributed by atoms with Gasteiger partial charge in [-0.25, -0.2) is 0 Å². The summed E-state index contributed by atoms with van der Waals surface area (Å²) in [6, 6.07) is 0. The zero-order valence-corrected chi connectivity index (χ0v) is 10.6. The summed E-state index contributed by atoms with van der Waals surface area (Å²) in [6.07, 6.45) is 8.60. The molecule has 0 unspecified atom stereocenters. The predicted molar refractivity (Wildman–Crippen MR) is 66.6 cm³/mol. The fraction of sp³-hybridized carbons (Fsp3) is 0.857. The van der Waals surface area contributed by atoms with Gasteiger partial charge in [0.1, 0.15) is 0 Å². The molecule has 1 heteroatoms. The van der Waals surface area contributed by atoms with Crippen molar-refractivity contribution in [2.75, 3.05) is 0 Å². The second kappa shape index (κ2) is 10.1. The van der Waals surface area contributed by atoms with E-state index in [1.54, 1.807) is 6.92 Å². The molecule has 0 aromatic rings. The van der Waals surface area contributed by atoms with Crippen LogP contribution in [0.1, 0.15) is 65.7 Å². The van der Waals surface area contributed by atoms with Gasteiger partial charge in [-0.05, 0) is 20.3 Å². The Hall–Kier alpha value is -0.480. The maximum absolute atomic E-state index is 9.22. The Morgan fingerprint density at radius 2 is 1.60 bits per heavy atom. The Kier molecular flexibility index (Phi) is 9.73. The van der Waals surface area contributed by atoms with Crippen LogP contribution < -0.4 is 0 Å². The Morgan fingerprint density at radius 3 is 2.20 bits per heavy atom. The number of hydrogen-bond donors (Lipinski definition) is 1. The summed E-state index contributed by atoms with van der Waals surface area (Å²) in [5.74, 6) is 6.35. The number of aliphatic hydroxyl groups excluding tert-OH is 1. The molecule has 0 fully saturated rings. The van der Waals surface area contributed by atoms with E-state index < -0.39 is 0 Å². The summed E-state index contributed by atoms with van der Waals surface area (Å²) in [7, 11) is 0. The first-order chi connectivity index (χ1) is 7.18. The molecule has 0 aliphatic rings. The summed E-state index contributed by atoms with van der Waals surface area (Å²) in [5.41, 5.74) is 0. The van der Waals surface area contributed by atoms with Gasteiger partial charge in [0.05, 0.1) is 6.10 Å². The smallest absolute Gasteiger partial charge is 0.0646 e. The summed E-state index contributed by atoms with van der Waals surface area (Å²) < 4.78 is 0. The lowest BCUT2D eigenvalue weighted by Crippen LogP contribution is -2.10. The second-order valence-corrected chi connectivity index (χ2v) is 4.37. The molecule has 1 N–H and O–H groups in total. The highest BCUT2D eigenvalue weighted by molar-refractivity contribution is 5.03. The van der Waals surface area contributed by atoms with E-state index >= 15 is 0 Å². The van der Waals surface area contributed by atoms with Crippen molar-refractivity contribution in [3.8, 4) is 11.8 Å². The van der Waals surface area contributed by atoms with Gasteiger partial charge in [0, 0.05) is 12.3 Å². The Bertz CT molecular complexity index is 185. The van der Waals surface area contributed by atoms with E-state index in [9.17, 15) is 5.11 Å². The van der Waals surface area contributed by atoms with Crippen molar-refractivity contribution in [3.63, 3.8) is 0 Å². The van der Waals surface area contributed by atoms with Crippen LogP contribution in [0, 0.1) is 17.8 Å². The average molecular weight is 210 g/mol. The highest BCUT2D eigenvalue weighted by Crippen LogP contribution is 2.06. The summed E-state index contributed by atoms with van der Waals surface area (Å²) >= 11 is 0. The molecule has 0 aromatic carbocycles. The van der Waals surface area contributed by atoms with Crippen molar-refractivity contribution in [1.29, 1.82) is 0 Å². The zero-order valence-electron chi connectivity index (χ0n) is 10.6. The molecule has 0 saturated carbocycles. The molecular weight excluding hydrogens is 184 g/mol. The van der Waals surface area contributed by atoms with Crippen LogP contribution in [0.15, 0.2) is 0 Å². The summed E-state index contributed by atoms with van der Waals surface area (Å²) in [6.45, 7) is 6.01. The SMILES string of the molecule is CCCCCCCCC#C[C@@H](C)[C@@H](C)O. The Morgan fingerprint density at radius 1 is 1.00 bits per heavy atom. The topological polar surface area (TPSA) is 20.2 Å². The molecule has 2 atom stereocenters. The first kappa shape index (κ1) is 14.5. The van der Waals surface area contributed by atoms with E-state index in [1.165, 1.54) is 38.5 Å².